The van der Waals surface area contributed by atoms with E-state index in [9.17, 15) is 8.42 Å². The Labute approximate surface area is 125 Å². The Bertz CT molecular complexity index is 733. The molecule has 0 bridgehead atoms. The molecule has 1 aromatic heterocycles. The molecule has 2 N–H and O–H groups in total. The summed E-state index contributed by atoms with van der Waals surface area (Å²) in [5.41, 5.74) is 7.21. The average molecular weight is 308 g/mol. The summed E-state index contributed by atoms with van der Waals surface area (Å²) < 4.78 is 28.2. The van der Waals surface area contributed by atoms with E-state index in [-0.39, 0.29) is 11.1 Å². The Kier molecular flexibility index (Phi) is 4.06. The van der Waals surface area contributed by atoms with E-state index in [0.29, 0.717) is 11.5 Å². The summed E-state index contributed by atoms with van der Waals surface area (Å²) in [5, 5.41) is 0.0563. The number of hydrogen-bond donors (Lipinski definition) is 1. The first kappa shape index (κ1) is 15.5. The molecule has 0 aliphatic rings. The second-order valence-electron chi connectivity index (χ2n) is 5.10. The maximum Gasteiger partial charge on any atom is 0.262 e. The molecule has 6 nitrogen and oxygen atoms in total. The SMILES string of the molecule is Cc1nc(S(=O)(=O)N(C)C(C)c2cccc(N)c2)cn1C. The van der Waals surface area contributed by atoms with Crippen molar-refractivity contribution in [2.75, 3.05) is 12.8 Å². The van der Waals surface area contributed by atoms with Crippen LogP contribution in [0.1, 0.15) is 24.4 Å². The highest BCUT2D eigenvalue weighted by Crippen LogP contribution is 2.26. The second-order valence-corrected chi connectivity index (χ2v) is 7.05. The Balaban J connectivity index is 2.36. The zero-order chi connectivity index (χ0) is 15.8. The van der Waals surface area contributed by atoms with E-state index in [1.165, 1.54) is 10.5 Å². The molecule has 0 saturated heterocycles. The molecule has 1 heterocycles. The Morgan fingerprint density at radius 2 is 2.05 bits per heavy atom. The van der Waals surface area contributed by atoms with E-state index in [2.05, 4.69) is 4.98 Å². The van der Waals surface area contributed by atoms with Crippen LogP contribution in [0.4, 0.5) is 5.69 Å². The van der Waals surface area contributed by atoms with Crippen LogP contribution in [-0.4, -0.2) is 29.3 Å². The molecule has 1 unspecified atom stereocenters. The van der Waals surface area contributed by atoms with Crippen molar-refractivity contribution in [1.29, 1.82) is 0 Å². The van der Waals surface area contributed by atoms with Gasteiger partial charge in [-0.15, -0.1) is 0 Å². The standard InChI is InChI=1S/C14H20N4O2S/c1-10(12-6-5-7-13(15)8-12)18(4)21(19,20)14-9-17(3)11(2)16-14/h5-10H,15H2,1-4H3. The molecular weight excluding hydrogens is 288 g/mol. The van der Waals surface area contributed by atoms with E-state index in [1.54, 1.807) is 37.7 Å². The molecule has 0 radical (unpaired) electrons. The zero-order valence-electron chi connectivity index (χ0n) is 12.6. The third kappa shape index (κ3) is 2.93. The molecule has 0 aliphatic carbocycles. The lowest BCUT2D eigenvalue weighted by molar-refractivity contribution is 0.397. The Morgan fingerprint density at radius 3 is 2.57 bits per heavy atom. The monoisotopic (exact) mass is 308 g/mol. The fraction of sp³-hybridized carbons (Fsp3) is 0.357. The predicted molar refractivity (Wildman–Crippen MR) is 82.2 cm³/mol. The molecule has 0 aliphatic heterocycles. The molecule has 2 aromatic rings. The lowest BCUT2D eigenvalue weighted by Gasteiger charge is -2.23. The maximum atomic E-state index is 12.6. The minimum Gasteiger partial charge on any atom is -0.399 e. The van der Waals surface area contributed by atoms with Gasteiger partial charge in [-0.2, -0.15) is 4.31 Å². The number of anilines is 1. The molecule has 1 atom stereocenters. The lowest BCUT2D eigenvalue weighted by Crippen LogP contribution is -2.30. The van der Waals surface area contributed by atoms with E-state index in [0.717, 1.165) is 5.56 Å². The minimum atomic E-state index is -3.64. The van der Waals surface area contributed by atoms with Crippen LogP contribution in [0, 0.1) is 6.92 Å². The highest BCUT2D eigenvalue weighted by molar-refractivity contribution is 7.89. The maximum absolute atomic E-state index is 12.6. The first-order valence-corrected chi connectivity index (χ1v) is 8.01. The van der Waals surface area contributed by atoms with Gasteiger partial charge in [-0.25, -0.2) is 13.4 Å². The topological polar surface area (TPSA) is 81.2 Å². The van der Waals surface area contributed by atoms with Crippen molar-refractivity contribution < 1.29 is 8.42 Å². The summed E-state index contributed by atoms with van der Waals surface area (Å²) in [6.45, 7) is 3.59. The van der Waals surface area contributed by atoms with Gasteiger partial charge in [-0.05, 0) is 31.5 Å². The van der Waals surface area contributed by atoms with Gasteiger partial charge in [-0.3, -0.25) is 0 Å². The van der Waals surface area contributed by atoms with Crippen LogP contribution in [0.3, 0.4) is 0 Å². The summed E-state index contributed by atoms with van der Waals surface area (Å²) in [6, 6.07) is 6.89. The van der Waals surface area contributed by atoms with Gasteiger partial charge in [0.2, 0.25) is 0 Å². The van der Waals surface area contributed by atoms with Gasteiger partial charge >= 0.3 is 0 Å². The van der Waals surface area contributed by atoms with E-state index in [1.807, 2.05) is 19.1 Å². The zero-order valence-corrected chi connectivity index (χ0v) is 13.4. The number of rotatable bonds is 4. The van der Waals surface area contributed by atoms with Gasteiger partial charge in [0, 0.05) is 32.0 Å². The van der Waals surface area contributed by atoms with Gasteiger partial charge in [0.15, 0.2) is 5.03 Å². The van der Waals surface area contributed by atoms with Crippen LogP contribution in [0.15, 0.2) is 35.5 Å². The molecule has 2 rings (SSSR count). The van der Waals surface area contributed by atoms with Gasteiger partial charge in [-0.1, -0.05) is 12.1 Å². The van der Waals surface area contributed by atoms with Crippen molar-refractivity contribution in [2.24, 2.45) is 7.05 Å². The normalized spacial score (nSPS) is 13.6. The van der Waals surface area contributed by atoms with Crippen LogP contribution in [0.2, 0.25) is 0 Å². The van der Waals surface area contributed by atoms with Crippen LogP contribution in [0.5, 0.6) is 0 Å². The van der Waals surface area contributed by atoms with E-state index in [4.69, 9.17) is 5.73 Å². The summed E-state index contributed by atoms with van der Waals surface area (Å²) in [5.74, 6) is 0.651. The molecule has 1 aromatic carbocycles. The van der Waals surface area contributed by atoms with Gasteiger partial charge in [0.1, 0.15) is 5.82 Å². The predicted octanol–water partition coefficient (Wildman–Crippen LogP) is 1.69. The lowest BCUT2D eigenvalue weighted by atomic mass is 10.1. The molecule has 0 saturated carbocycles. The number of nitrogen functional groups attached to an aromatic ring is 1. The van der Waals surface area contributed by atoms with Crippen molar-refractivity contribution in [3.8, 4) is 0 Å². The van der Waals surface area contributed by atoms with E-state index >= 15 is 0 Å². The van der Waals surface area contributed by atoms with Crippen LogP contribution in [0.25, 0.3) is 0 Å². The van der Waals surface area contributed by atoms with Gasteiger partial charge < -0.3 is 10.3 Å². The summed E-state index contributed by atoms with van der Waals surface area (Å²) >= 11 is 0. The van der Waals surface area contributed by atoms with Crippen LogP contribution in [-0.2, 0) is 17.1 Å². The number of aryl methyl sites for hydroxylation is 2. The first-order chi connectivity index (χ1) is 9.73. The highest BCUT2D eigenvalue weighted by atomic mass is 32.2. The highest BCUT2D eigenvalue weighted by Gasteiger charge is 2.28. The van der Waals surface area contributed by atoms with Crippen LogP contribution < -0.4 is 5.73 Å². The smallest absolute Gasteiger partial charge is 0.262 e. The molecule has 7 heteroatoms. The quantitative estimate of drug-likeness (QED) is 0.872. The number of aromatic nitrogens is 2. The molecule has 114 valence electrons. The van der Waals surface area contributed by atoms with Crippen molar-refractivity contribution >= 4 is 15.7 Å². The van der Waals surface area contributed by atoms with E-state index < -0.39 is 10.0 Å². The largest absolute Gasteiger partial charge is 0.399 e. The van der Waals surface area contributed by atoms with Crippen LogP contribution >= 0.6 is 0 Å². The summed E-state index contributed by atoms with van der Waals surface area (Å²) in [7, 11) is -0.325. The number of hydrogen-bond acceptors (Lipinski definition) is 4. The van der Waals surface area contributed by atoms with Gasteiger partial charge in [0.25, 0.3) is 10.0 Å². The van der Waals surface area contributed by atoms with Crippen molar-refractivity contribution in [3.05, 3.63) is 41.9 Å². The number of nitrogens with two attached hydrogens (primary N) is 1. The Hall–Kier alpha value is -1.86. The number of nitrogens with zero attached hydrogens (tertiary/aromatic N) is 3. The molecule has 0 amide bonds. The summed E-state index contributed by atoms with van der Waals surface area (Å²) in [6.07, 6.45) is 1.52. The van der Waals surface area contributed by atoms with Gasteiger partial charge in [0.05, 0.1) is 0 Å². The third-order valence-electron chi connectivity index (χ3n) is 3.67. The van der Waals surface area contributed by atoms with Crippen molar-refractivity contribution in [3.63, 3.8) is 0 Å². The number of imidazole rings is 1. The number of sulfonamides is 1. The summed E-state index contributed by atoms with van der Waals surface area (Å²) in [4.78, 5) is 4.11. The fourth-order valence-electron chi connectivity index (χ4n) is 2.04. The Morgan fingerprint density at radius 1 is 1.38 bits per heavy atom. The molecular formula is C14H20N4O2S. The minimum absolute atomic E-state index is 0.0563. The average Bonchev–Trinajstić information content (AvgIpc) is 2.77. The van der Waals surface area contributed by atoms with Crippen molar-refractivity contribution in [1.82, 2.24) is 13.9 Å². The molecule has 21 heavy (non-hydrogen) atoms. The fourth-order valence-corrected chi connectivity index (χ4v) is 3.41. The molecule has 0 spiro atoms. The number of benzene rings is 1. The third-order valence-corrected chi connectivity index (χ3v) is 5.47. The molecule has 0 fully saturated rings. The first-order valence-electron chi connectivity index (χ1n) is 6.57. The van der Waals surface area contributed by atoms with Crippen molar-refractivity contribution in [2.45, 2.75) is 24.9 Å². The second kappa shape index (κ2) is 5.50.